The van der Waals surface area contributed by atoms with Crippen LogP contribution in [-0.2, 0) is 10.0 Å². The zero-order valence-electron chi connectivity index (χ0n) is 11.3. The van der Waals surface area contributed by atoms with Gasteiger partial charge in [-0.15, -0.1) is 0 Å². The molecular weight excluding hydrogens is 332 g/mol. The van der Waals surface area contributed by atoms with Crippen LogP contribution in [0, 0.1) is 10.1 Å². The molecule has 0 spiro atoms. The van der Waals surface area contributed by atoms with Crippen LogP contribution in [0.4, 0.5) is 11.4 Å². The van der Waals surface area contributed by atoms with Gasteiger partial charge in [0.25, 0.3) is 15.7 Å². The number of hydrogen-bond donors (Lipinski definition) is 1. The molecule has 0 saturated heterocycles. The van der Waals surface area contributed by atoms with Crippen molar-refractivity contribution in [3.05, 3.63) is 57.6 Å². The van der Waals surface area contributed by atoms with Gasteiger partial charge in [-0.2, -0.15) is 0 Å². The largest absolute Gasteiger partial charge is 0.497 e. The predicted molar refractivity (Wildman–Crippen MR) is 81.9 cm³/mol. The fourth-order valence-corrected chi connectivity index (χ4v) is 3.21. The van der Waals surface area contributed by atoms with Crippen LogP contribution in [0.2, 0.25) is 5.02 Å². The summed E-state index contributed by atoms with van der Waals surface area (Å²) in [6.45, 7) is 0. The summed E-state index contributed by atoms with van der Waals surface area (Å²) in [6.07, 6.45) is 0. The minimum absolute atomic E-state index is 0.134. The first-order valence-electron chi connectivity index (χ1n) is 5.95. The average molecular weight is 343 g/mol. The zero-order valence-corrected chi connectivity index (χ0v) is 12.9. The van der Waals surface area contributed by atoms with E-state index in [1.165, 1.54) is 25.3 Å². The van der Waals surface area contributed by atoms with E-state index in [-0.39, 0.29) is 16.5 Å². The van der Waals surface area contributed by atoms with Crippen molar-refractivity contribution in [2.45, 2.75) is 4.90 Å². The number of nitrogens with one attached hydrogen (secondary N) is 1. The average Bonchev–Trinajstić information content (AvgIpc) is 2.48. The number of halogens is 1. The van der Waals surface area contributed by atoms with E-state index in [9.17, 15) is 18.5 Å². The lowest BCUT2D eigenvalue weighted by atomic mass is 10.3. The molecule has 1 N–H and O–H groups in total. The van der Waals surface area contributed by atoms with Crippen LogP contribution in [0.5, 0.6) is 5.75 Å². The SMILES string of the molecule is COc1ccc(S(=O)(=O)Nc2ccccc2Cl)c([N+](=O)[O-])c1. The fraction of sp³-hybridized carbons (Fsp3) is 0.0769. The Morgan fingerprint density at radius 2 is 1.91 bits per heavy atom. The third-order valence-corrected chi connectivity index (χ3v) is 4.51. The highest BCUT2D eigenvalue weighted by Gasteiger charge is 2.27. The van der Waals surface area contributed by atoms with Crippen molar-refractivity contribution in [3.63, 3.8) is 0 Å². The molecule has 7 nitrogen and oxygen atoms in total. The molecule has 0 fully saturated rings. The minimum atomic E-state index is -4.17. The third kappa shape index (κ3) is 3.29. The molecule has 22 heavy (non-hydrogen) atoms. The molecule has 0 heterocycles. The zero-order chi connectivity index (χ0) is 16.3. The van der Waals surface area contributed by atoms with Gasteiger partial charge in [0.15, 0.2) is 4.90 Å². The molecule has 0 unspecified atom stereocenters. The molecule has 0 atom stereocenters. The van der Waals surface area contributed by atoms with Crippen molar-refractivity contribution < 1.29 is 18.1 Å². The van der Waals surface area contributed by atoms with Gasteiger partial charge in [-0.05, 0) is 24.3 Å². The van der Waals surface area contributed by atoms with Crippen LogP contribution in [-0.4, -0.2) is 20.5 Å². The van der Waals surface area contributed by atoms with Gasteiger partial charge in [-0.3, -0.25) is 14.8 Å². The number of anilines is 1. The molecule has 0 aliphatic carbocycles. The molecule has 0 radical (unpaired) electrons. The Morgan fingerprint density at radius 3 is 2.50 bits per heavy atom. The van der Waals surface area contributed by atoms with E-state index in [0.29, 0.717) is 0 Å². The topological polar surface area (TPSA) is 98.5 Å². The molecule has 0 aromatic heterocycles. The van der Waals surface area contributed by atoms with Crippen LogP contribution >= 0.6 is 11.6 Å². The lowest BCUT2D eigenvalue weighted by Gasteiger charge is -2.10. The van der Waals surface area contributed by atoms with Gasteiger partial charge in [0, 0.05) is 0 Å². The number of methoxy groups -OCH3 is 1. The minimum Gasteiger partial charge on any atom is -0.497 e. The number of nitro groups is 1. The first kappa shape index (κ1) is 16.1. The molecule has 0 bridgehead atoms. The van der Waals surface area contributed by atoms with Crippen LogP contribution in [0.15, 0.2) is 47.4 Å². The van der Waals surface area contributed by atoms with Crippen molar-refractivity contribution in [2.75, 3.05) is 11.8 Å². The fourth-order valence-electron chi connectivity index (χ4n) is 1.74. The quantitative estimate of drug-likeness (QED) is 0.665. The second-order valence-corrected chi connectivity index (χ2v) is 6.23. The summed E-state index contributed by atoms with van der Waals surface area (Å²) in [5.41, 5.74) is -0.451. The Morgan fingerprint density at radius 1 is 1.23 bits per heavy atom. The molecule has 2 rings (SSSR count). The van der Waals surface area contributed by atoms with Crippen LogP contribution in [0.25, 0.3) is 0 Å². The molecule has 9 heteroatoms. The summed E-state index contributed by atoms with van der Waals surface area (Å²) in [6, 6.07) is 9.66. The normalized spacial score (nSPS) is 11.0. The van der Waals surface area contributed by atoms with Crippen LogP contribution < -0.4 is 9.46 Å². The number of nitrogens with zero attached hydrogens (tertiary/aromatic N) is 1. The van der Waals surface area contributed by atoms with Crippen molar-refractivity contribution in [3.8, 4) is 5.75 Å². The maximum Gasteiger partial charge on any atom is 0.293 e. The Balaban J connectivity index is 2.50. The number of sulfonamides is 1. The molecule has 0 aliphatic rings. The highest BCUT2D eigenvalue weighted by Crippen LogP contribution is 2.31. The monoisotopic (exact) mass is 342 g/mol. The number of benzene rings is 2. The van der Waals surface area contributed by atoms with Gasteiger partial charge in [-0.25, -0.2) is 8.42 Å². The van der Waals surface area contributed by atoms with Crippen LogP contribution in [0.1, 0.15) is 0 Å². The molecule has 0 amide bonds. The molecule has 0 saturated carbocycles. The van der Waals surface area contributed by atoms with E-state index in [2.05, 4.69) is 4.72 Å². The molecule has 116 valence electrons. The molecule has 2 aromatic rings. The van der Waals surface area contributed by atoms with Gasteiger partial charge in [0.05, 0.1) is 28.8 Å². The Labute approximate surface area is 131 Å². The van der Waals surface area contributed by atoms with E-state index < -0.39 is 25.5 Å². The summed E-state index contributed by atoms with van der Waals surface area (Å²) in [4.78, 5) is 9.83. The second kappa shape index (κ2) is 6.20. The molecular formula is C13H11ClN2O5S. The van der Waals surface area contributed by atoms with Gasteiger partial charge in [0.2, 0.25) is 0 Å². The van der Waals surface area contributed by atoms with Gasteiger partial charge in [-0.1, -0.05) is 23.7 Å². The summed E-state index contributed by atoms with van der Waals surface area (Å²) in [5.74, 6) is 0.184. The second-order valence-electron chi connectivity index (χ2n) is 4.18. The van der Waals surface area contributed by atoms with E-state index in [1.54, 1.807) is 12.1 Å². The predicted octanol–water partition coefficient (Wildman–Crippen LogP) is 3.06. The molecule has 0 aliphatic heterocycles. The summed E-state index contributed by atoms with van der Waals surface area (Å²) in [5, 5.41) is 11.3. The number of hydrogen-bond acceptors (Lipinski definition) is 5. The summed E-state index contributed by atoms with van der Waals surface area (Å²) < 4.78 is 31.8. The van der Waals surface area contributed by atoms with Gasteiger partial charge < -0.3 is 4.74 Å². The van der Waals surface area contributed by atoms with Crippen molar-refractivity contribution in [2.24, 2.45) is 0 Å². The Bertz CT molecular complexity index is 823. The standard InChI is InChI=1S/C13H11ClN2O5S/c1-21-9-6-7-13(12(8-9)16(17)18)22(19,20)15-11-5-3-2-4-10(11)14/h2-8,15H,1H3. The van der Waals surface area contributed by atoms with E-state index >= 15 is 0 Å². The van der Waals surface area contributed by atoms with Crippen molar-refractivity contribution in [1.29, 1.82) is 0 Å². The lowest BCUT2D eigenvalue weighted by molar-refractivity contribution is -0.387. The number of para-hydroxylation sites is 1. The number of ether oxygens (including phenoxy) is 1. The van der Waals surface area contributed by atoms with E-state index in [0.717, 1.165) is 12.1 Å². The number of rotatable bonds is 5. The summed E-state index contributed by atoms with van der Waals surface area (Å²) in [7, 11) is -2.84. The Hall–Kier alpha value is -2.32. The summed E-state index contributed by atoms with van der Waals surface area (Å²) >= 11 is 5.89. The number of nitro benzene ring substituents is 1. The smallest absolute Gasteiger partial charge is 0.293 e. The molecule has 2 aromatic carbocycles. The van der Waals surface area contributed by atoms with Gasteiger partial charge >= 0.3 is 0 Å². The van der Waals surface area contributed by atoms with E-state index in [4.69, 9.17) is 16.3 Å². The van der Waals surface area contributed by atoms with Gasteiger partial charge in [0.1, 0.15) is 5.75 Å². The first-order chi connectivity index (χ1) is 10.3. The van der Waals surface area contributed by atoms with Crippen LogP contribution in [0.3, 0.4) is 0 Å². The third-order valence-electron chi connectivity index (χ3n) is 2.77. The maximum absolute atomic E-state index is 12.4. The van der Waals surface area contributed by atoms with Crippen molar-refractivity contribution >= 4 is 33.0 Å². The van der Waals surface area contributed by atoms with E-state index in [1.807, 2.05) is 0 Å². The highest BCUT2D eigenvalue weighted by molar-refractivity contribution is 7.92. The lowest BCUT2D eigenvalue weighted by Crippen LogP contribution is -2.15. The first-order valence-corrected chi connectivity index (χ1v) is 7.81. The maximum atomic E-state index is 12.4. The Kier molecular flexibility index (Phi) is 4.53. The van der Waals surface area contributed by atoms with Crippen molar-refractivity contribution in [1.82, 2.24) is 0 Å². The highest BCUT2D eigenvalue weighted by atomic mass is 35.5.